The summed E-state index contributed by atoms with van der Waals surface area (Å²) in [5, 5.41) is 0. The molecule has 1 fully saturated rings. The molecule has 1 aromatic rings. The molecule has 0 unspecified atom stereocenters. The molecule has 1 amide bonds. The highest BCUT2D eigenvalue weighted by Gasteiger charge is 2.32. The second kappa shape index (κ2) is 5.44. The van der Waals surface area contributed by atoms with Crippen molar-refractivity contribution >= 4 is 28.5 Å². The fraction of sp³-hybridized carbons (Fsp3) is 0.462. The van der Waals surface area contributed by atoms with Crippen molar-refractivity contribution in [2.24, 2.45) is 0 Å². The van der Waals surface area contributed by atoms with Gasteiger partial charge in [-0.15, -0.1) is 0 Å². The minimum atomic E-state index is 0.105. The molecule has 0 radical (unpaired) electrons. The first-order chi connectivity index (χ1) is 8.52. The third-order valence-corrected chi connectivity index (χ3v) is 4.12. The van der Waals surface area contributed by atoms with E-state index in [9.17, 15) is 4.79 Å². The molecule has 0 spiro atoms. The van der Waals surface area contributed by atoms with E-state index in [-0.39, 0.29) is 5.91 Å². The molecule has 0 aliphatic carbocycles. The maximum Gasteiger partial charge on any atom is 0.254 e. The van der Waals surface area contributed by atoms with Crippen molar-refractivity contribution in [2.45, 2.75) is 6.04 Å². The maximum atomic E-state index is 12.2. The summed E-state index contributed by atoms with van der Waals surface area (Å²) in [6, 6.07) is 6.04. The lowest BCUT2D eigenvalue weighted by atomic mass is 10.1. The van der Waals surface area contributed by atoms with E-state index in [4.69, 9.17) is 4.74 Å². The molecule has 98 valence electrons. The molecule has 1 aliphatic rings. The topological polar surface area (TPSA) is 32.8 Å². The first-order valence-electron chi connectivity index (χ1n) is 5.82. The van der Waals surface area contributed by atoms with E-state index in [1.165, 1.54) is 0 Å². The van der Waals surface area contributed by atoms with Crippen LogP contribution in [0.3, 0.4) is 0 Å². The standard InChI is InChI=1S/C13H17IN2O2/c1-15(2)10-7-16(8-10)13(17)9-4-5-12(18-3)11(14)6-9/h4-6,10H,7-8H2,1-3H3. The predicted molar refractivity (Wildman–Crippen MR) is 79.1 cm³/mol. The number of ether oxygens (including phenoxy) is 1. The van der Waals surface area contributed by atoms with Gasteiger partial charge in [-0.2, -0.15) is 0 Å². The highest BCUT2D eigenvalue weighted by Crippen LogP contribution is 2.23. The van der Waals surface area contributed by atoms with Crippen LogP contribution >= 0.6 is 22.6 Å². The van der Waals surface area contributed by atoms with Gasteiger partial charge < -0.3 is 14.5 Å². The Morgan fingerprint density at radius 3 is 2.61 bits per heavy atom. The smallest absolute Gasteiger partial charge is 0.254 e. The molecular weight excluding hydrogens is 343 g/mol. The lowest BCUT2D eigenvalue weighted by Gasteiger charge is -2.42. The highest BCUT2D eigenvalue weighted by molar-refractivity contribution is 14.1. The van der Waals surface area contributed by atoms with Gasteiger partial charge >= 0.3 is 0 Å². The van der Waals surface area contributed by atoms with Gasteiger partial charge in [0.25, 0.3) is 5.91 Å². The lowest BCUT2D eigenvalue weighted by molar-refractivity contribution is 0.0399. The van der Waals surface area contributed by atoms with Gasteiger partial charge in [0.1, 0.15) is 5.75 Å². The second-order valence-electron chi connectivity index (χ2n) is 4.68. The van der Waals surface area contributed by atoms with Crippen LogP contribution in [0.2, 0.25) is 0 Å². The number of hydrogen-bond acceptors (Lipinski definition) is 3. The lowest BCUT2D eigenvalue weighted by Crippen LogP contribution is -2.59. The Hall–Kier alpha value is -0.820. The van der Waals surface area contributed by atoms with Gasteiger partial charge in [-0.05, 0) is 54.9 Å². The number of rotatable bonds is 3. The van der Waals surface area contributed by atoms with Crippen LogP contribution in [-0.2, 0) is 0 Å². The average Bonchev–Trinajstić information content (AvgIpc) is 2.26. The number of hydrogen-bond donors (Lipinski definition) is 0. The summed E-state index contributed by atoms with van der Waals surface area (Å²) >= 11 is 2.18. The average molecular weight is 360 g/mol. The fourth-order valence-electron chi connectivity index (χ4n) is 1.93. The summed E-state index contributed by atoms with van der Waals surface area (Å²) in [5.41, 5.74) is 0.734. The summed E-state index contributed by atoms with van der Waals surface area (Å²) in [7, 11) is 5.72. The van der Waals surface area contributed by atoms with Crippen molar-refractivity contribution in [3.8, 4) is 5.75 Å². The number of benzene rings is 1. The molecular formula is C13H17IN2O2. The number of likely N-dealkylation sites (N-methyl/N-ethyl adjacent to an activating group) is 1. The number of nitrogens with zero attached hydrogens (tertiary/aromatic N) is 2. The third-order valence-electron chi connectivity index (χ3n) is 3.28. The van der Waals surface area contributed by atoms with Crippen LogP contribution in [-0.4, -0.2) is 56.0 Å². The number of carbonyl (C=O) groups is 1. The Morgan fingerprint density at radius 1 is 1.44 bits per heavy atom. The van der Waals surface area contributed by atoms with E-state index in [1.54, 1.807) is 7.11 Å². The van der Waals surface area contributed by atoms with Crippen molar-refractivity contribution < 1.29 is 9.53 Å². The highest BCUT2D eigenvalue weighted by atomic mass is 127. The Bertz CT molecular complexity index is 456. The van der Waals surface area contributed by atoms with Crippen molar-refractivity contribution in [3.05, 3.63) is 27.3 Å². The van der Waals surface area contributed by atoms with Crippen molar-refractivity contribution in [2.75, 3.05) is 34.3 Å². The van der Waals surface area contributed by atoms with Gasteiger partial charge in [-0.3, -0.25) is 4.79 Å². The molecule has 1 aromatic carbocycles. The van der Waals surface area contributed by atoms with E-state index < -0.39 is 0 Å². The number of amides is 1. The molecule has 2 rings (SSSR count). The first-order valence-corrected chi connectivity index (χ1v) is 6.90. The zero-order chi connectivity index (χ0) is 13.3. The van der Waals surface area contributed by atoms with E-state index in [1.807, 2.05) is 37.2 Å². The molecule has 0 atom stereocenters. The van der Waals surface area contributed by atoms with Gasteiger partial charge in [-0.25, -0.2) is 0 Å². The Morgan fingerprint density at radius 2 is 2.11 bits per heavy atom. The monoisotopic (exact) mass is 360 g/mol. The van der Waals surface area contributed by atoms with Crippen molar-refractivity contribution in [1.82, 2.24) is 9.80 Å². The minimum absolute atomic E-state index is 0.105. The zero-order valence-corrected chi connectivity index (χ0v) is 13.0. The molecule has 0 aromatic heterocycles. The molecule has 5 heteroatoms. The van der Waals surface area contributed by atoms with Crippen LogP contribution in [0.1, 0.15) is 10.4 Å². The Balaban J connectivity index is 2.05. The summed E-state index contributed by atoms with van der Waals surface area (Å²) in [6.07, 6.45) is 0. The van der Waals surface area contributed by atoms with Crippen molar-refractivity contribution in [1.29, 1.82) is 0 Å². The van der Waals surface area contributed by atoms with Crippen LogP contribution in [0.5, 0.6) is 5.75 Å². The SMILES string of the molecule is COc1ccc(C(=O)N2CC(N(C)C)C2)cc1I. The predicted octanol–water partition coefficient (Wildman–Crippen LogP) is 1.69. The first kappa shape index (κ1) is 13.6. The summed E-state index contributed by atoms with van der Waals surface area (Å²) in [6.45, 7) is 1.63. The fourth-order valence-corrected chi connectivity index (χ4v) is 2.67. The second-order valence-corrected chi connectivity index (χ2v) is 5.84. The molecule has 0 bridgehead atoms. The maximum absolute atomic E-state index is 12.2. The number of methoxy groups -OCH3 is 1. The van der Waals surface area contributed by atoms with Gasteiger partial charge in [0, 0.05) is 24.7 Å². The molecule has 1 saturated heterocycles. The number of likely N-dealkylation sites (tertiary alicyclic amines) is 1. The van der Waals surface area contributed by atoms with Gasteiger partial charge in [0.15, 0.2) is 0 Å². The van der Waals surface area contributed by atoms with E-state index in [0.717, 1.165) is 28.0 Å². The summed E-state index contributed by atoms with van der Waals surface area (Å²) in [5.74, 6) is 0.913. The number of halogens is 1. The quantitative estimate of drug-likeness (QED) is 0.770. The van der Waals surface area contributed by atoms with Gasteiger partial charge in [-0.1, -0.05) is 0 Å². The van der Waals surface area contributed by atoms with Gasteiger partial charge in [0.05, 0.1) is 10.7 Å². The molecule has 1 aliphatic heterocycles. The number of carbonyl (C=O) groups excluding carboxylic acids is 1. The molecule has 4 nitrogen and oxygen atoms in total. The molecule has 1 heterocycles. The normalized spacial score (nSPS) is 15.7. The van der Waals surface area contributed by atoms with Gasteiger partial charge in [0.2, 0.25) is 0 Å². The zero-order valence-electron chi connectivity index (χ0n) is 10.8. The molecule has 0 saturated carbocycles. The molecule has 18 heavy (non-hydrogen) atoms. The summed E-state index contributed by atoms with van der Waals surface area (Å²) in [4.78, 5) is 16.2. The van der Waals surface area contributed by atoms with Crippen LogP contribution in [0, 0.1) is 3.57 Å². The minimum Gasteiger partial charge on any atom is -0.496 e. The largest absolute Gasteiger partial charge is 0.496 e. The Kier molecular flexibility index (Phi) is 4.11. The van der Waals surface area contributed by atoms with Crippen molar-refractivity contribution in [3.63, 3.8) is 0 Å². The molecule has 0 N–H and O–H groups in total. The summed E-state index contributed by atoms with van der Waals surface area (Å²) < 4.78 is 6.15. The Labute approximate surface area is 121 Å². The van der Waals surface area contributed by atoms with Crippen LogP contribution in [0.4, 0.5) is 0 Å². The third kappa shape index (κ3) is 2.61. The van der Waals surface area contributed by atoms with E-state index in [0.29, 0.717) is 6.04 Å². The van der Waals surface area contributed by atoms with Crippen LogP contribution in [0.15, 0.2) is 18.2 Å². The van der Waals surface area contributed by atoms with Crippen LogP contribution in [0.25, 0.3) is 0 Å². The van der Waals surface area contributed by atoms with Crippen LogP contribution < -0.4 is 4.74 Å². The van der Waals surface area contributed by atoms with E-state index in [2.05, 4.69) is 27.5 Å². The van der Waals surface area contributed by atoms with E-state index >= 15 is 0 Å².